The van der Waals surface area contributed by atoms with E-state index < -0.39 is 15.9 Å². The number of hydrogen-bond acceptors (Lipinski definition) is 6. The van der Waals surface area contributed by atoms with Gasteiger partial charge in [-0.2, -0.15) is 0 Å². The van der Waals surface area contributed by atoms with E-state index in [0.717, 1.165) is 24.2 Å². The Balaban J connectivity index is 1.77. The Morgan fingerprint density at radius 1 is 1.29 bits per heavy atom. The first kappa shape index (κ1) is 16.7. The van der Waals surface area contributed by atoms with Crippen molar-refractivity contribution in [2.24, 2.45) is 0 Å². The Bertz CT molecular complexity index is 901. The molecule has 0 unspecified atom stereocenters. The van der Waals surface area contributed by atoms with E-state index >= 15 is 0 Å². The van der Waals surface area contributed by atoms with Crippen molar-refractivity contribution < 1.29 is 18.0 Å². The number of ketones is 1. The summed E-state index contributed by atoms with van der Waals surface area (Å²) in [5.41, 5.74) is 0.480. The van der Waals surface area contributed by atoms with Crippen LogP contribution in [0, 0.1) is 0 Å². The van der Waals surface area contributed by atoms with E-state index in [1.54, 1.807) is 5.38 Å². The molecule has 0 aliphatic heterocycles. The first-order chi connectivity index (χ1) is 11.3. The number of thiazole rings is 1. The van der Waals surface area contributed by atoms with Crippen LogP contribution in [0.5, 0.6) is 0 Å². The monoisotopic (exact) mass is 365 g/mol. The number of sulfonamides is 1. The van der Waals surface area contributed by atoms with Crippen molar-refractivity contribution in [3.05, 3.63) is 40.9 Å². The van der Waals surface area contributed by atoms with Crippen molar-refractivity contribution in [2.75, 3.05) is 5.32 Å². The van der Waals surface area contributed by atoms with Gasteiger partial charge in [0.15, 0.2) is 10.9 Å². The highest BCUT2D eigenvalue weighted by Gasteiger charge is 2.28. The second kappa shape index (κ2) is 6.42. The fraction of sp³-hybridized carbons (Fsp3) is 0.267. The molecule has 3 rings (SSSR count). The van der Waals surface area contributed by atoms with Crippen LogP contribution in [-0.4, -0.2) is 31.1 Å². The van der Waals surface area contributed by atoms with Gasteiger partial charge in [0, 0.05) is 23.9 Å². The number of carbonyl (C=O) groups excluding carboxylic acids is 2. The molecule has 1 fully saturated rings. The summed E-state index contributed by atoms with van der Waals surface area (Å²) in [6.07, 6.45) is 1.67. The second-order valence-corrected chi connectivity index (χ2v) is 8.04. The summed E-state index contributed by atoms with van der Waals surface area (Å²) in [5.74, 6) is -0.672. The van der Waals surface area contributed by atoms with Crippen LogP contribution in [0.15, 0.2) is 34.5 Å². The van der Waals surface area contributed by atoms with Gasteiger partial charge in [-0.1, -0.05) is 6.07 Å². The minimum absolute atomic E-state index is 0.00666. The number of carbonyl (C=O) groups is 2. The maximum atomic E-state index is 12.3. The zero-order chi connectivity index (χ0) is 17.3. The topological polar surface area (TPSA) is 105 Å². The van der Waals surface area contributed by atoms with Gasteiger partial charge in [-0.15, -0.1) is 11.3 Å². The lowest BCUT2D eigenvalue weighted by atomic mass is 10.2. The Morgan fingerprint density at radius 2 is 2.04 bits per heavy atom. The first-order valence-corrected chi connectivity index (χ1v) is 9.61. The van der Waals surface area contributed by atoms with Crippen molar-refractivity contribution in [3.63, 3.8) is 0 Å². The third-order valence-corrected chi connectivity index (χ3v) is 5.67. The lowest BCUT2D eigenvalue weighted by Gasteiger charge is -2.07. The smallest absolute Gasteiger partial charge is 0.257 e. The predicted octanol–water partition coefficient (Wildman–Crippen LogP) is 2.04. The van der Waals surface area contributed by atoms with E-state index in [2.05, 4.69) is 15.0 Å². The van der Waals surface area contributed by atoms with Gasteiger partial charge in [-0.25, -0.2) is 18.1 Å². The van der Waals surface area contributed by atoms with Crippen LogP contribution in [0.25, 0.3) is 0 Å². The average molecular weight is 365 g/mol. The Labute approximate surface area is 143 Å². The van der Waals surface area contributed by atoms with Crippen LogP contribution in [0.4, 0.5) is 5.13 Å². The molecule has 0 radical (unpaired) electrons. The molecule has 24 heavy (non-hydrogen) atoms. The average Bonchev–Trinajstić information content (AvgIpc) is 3.21. The minimum atomic E-state index is -3.62. The highest BCUT2D eigenvalue weighted by atomic mass is 32.2. The third kappa shape index (κ3) is 3.86. The van der Waals surface area contributed by atoms with Crippen LogP contribution in [0.1, 0.15) is 40.6 Å². The number of aromatic nitrogens is 1. The summed E-state index contributed by atoms with van der Waals surface area (Å²) in [7, 11) is -3.62. The van der Waals surface area contributed by atoms with Crippen LogP contribution >= 0.6 is 11.3 Å². The standard InChI is InChI=1S/C15H15N3O4S2/c1-9(19)13-8-23-15(16-13)17-14(20)10-3-2-4-12(7-10)24(21,22)18-11-5-6-11/h2-4,7-8,11,18H,5-6H2,1H3,(H,16,17,20). The molecule has 7 nitrogen and oxygen atoms in total. The van der Waals surface area contributed by atoms with E-state index in [4.69, 9.17) is 0 Å². The molecular weight excluding hydrogens is 350 g/mol. The zero-order valence-electron chi connectivity index (χ0n) is 12.8. The fourth-order valence-corrected chi connectivity index (χ4v) is 4.05. The van der Waals surface area contributed by atoms with Gasteiger partial charge in [0.1, 0.15) is 5.69 Å². The van der Waals surface area contributed by atoms with Gasteiger partial charge in [-0.3, -0.25) is 14.9 Å². The van der Waals surface area contributed by atoms with E-state index in [1.807, 2.05) is 0 Å². The third-order valence-electron chi connectivity index (χ3n) is 3.39. The van der Waals surface area contributed by atoms with Crippen molar-refractivity contribution >= 4 is 38.2 Å². The largest absolute Gasteiger partial charge is 0.298 e. The Hall–Kier alpha value is -2.10. The molecule has 0 bridgehead atoms. The van der Waals surface area contributed by atoms with Crippen LogP contribution in [-0.2, 0) is 10.0 Å². The Morgan fingerprint density at radius 3 is 2.67 bits per heavy atom. The van der Waals surface area contributed by atoms with Gasteiger partial charge in [0.25, 0.3) is 5.91 Å². The van der Waals surface area contributed by atoms with Gasteiger partial charge in [0.2, 0.25) is 10.0 Å². The Kier molecular flexibility index (Phi) is 4.48. The summed E-state index contributed by atoms with van der Waals surface area (Å²) in [5, 5.41) is 4.41. The molecule has 1 aromatic carbocycles. The maximum Gasteiger partial charge on any atom is 0.257 e. The molecule has 1 aromatic heterocycles. The molecule has 1 aliphatic carbocycles. The number of nitrogens with one attached hydrogen (secondary N) is 2. The zero-order valence-corrected chi connectivity index (χ0v) is 14.4. The number of rotatable bonds is 6. The quantitative estimate of drug-likeness (QED) is 0.762. The molecule has 1 aliphatic rings. The number of Topliss-reactive ketones (excluding diaryl/α,β-unsaturated/α-hetero) is 1. The number of hydrogen-bond donors (Lipinski definition) is 2. The minimum Gasteiger partial charge on any atom is -0.298 e. The van der Waals surface area contributed by atoms with Crippen LogP contribution < -0.4 is 10.0 Å². The molecule has 126 valence electrons. The van der Waals surface area contributed by atoms with Crippen LogP contribution in [0.3, 0.4) is 0 Å². The number of anilines is 1. The number of nitrogens with zero attached hydrogens (tertiary/aromatic N) is 1. The van der Waals surface area contributed by atoms with Crippen molar-refractivity contribution in [1.29, 1.82) is 0 Å². The molecule has 0 atom stereocenters. The fourth-order valence-electron chi connectivity index (χ4n) is 1.96. The van der Waals surface area contributed by atoms with E-state index in [-0.39, 0.29) is 33.1 Å². The molecule has 2 aromatic rings. The second-order valence-electron chi connectivity index (χ2n) is 5.47. The maximum absolute atomic E-state index is 12.3. The molecule has 0 saturated heterocycles. The molecule has 1 heterocycles. The summed E-state index contributed by atoms with van der Waals surface area (Å²) in [6.45, 7) is 1.39. The number of benzene rings is 1. The first-order valence-electron chi connectivity index (χ1n) is 7.25. The lowest BCUT2D eigenvalue weighted by Crippen LogP contribution is -2.26. The molecular formula is C15H15N3O4S2. The summed E-state index contributed by atoms with van der Waals surface area (Å²) < 4.78 is 27.0. The van der Waals surface area contributed by atoms with Crippen molar-refractivity contribution in [3.8, 4) is 0 Å². The van der Waals surface area contributed by atoms with E-state index in [9.17, 15) is 18.0 Å². The lowest BCUT2D eigenvalue weighted by molar-refractivity contribution is 0.100. The van der Waals surface area contributed by atoms with Crippen molar-refractivity contribution in [2.45, 2.75) is 30.7 Å². The molecule has 2 N–H and O–H groups in total. The summed E-state index contributed by atoms with van der Waals surface area (Å²) in [4.78, 5) is 27.5. The normalized spacial score (nSPS) is 14.4. The van der Waals surface area contributed by atoms with E-state index in [0.29, 0.717) is 0 Å². The van der Waals surface area contributed by atoms with Gasteiger partial charge in [-0.05, 0) is 31.0 Å². The SMILES string of the molecule is CC(=O)c1csc(NC(=O)c2cccc(S(=O)(=O)NC3CC3)c2)n1. The molecule has 1 amide bonds. The summed E-state index contributed by atoms with van der Waals surface area (Å²) >= 11 is 1.13. The molecule has 1 saturated carbocycles. The van der Waals surface area contributed by atoms with Gasteiger partial charge >= 0.3 is 0 Å². The highest BCUT2D eigenvalue weighted by Crippen LogP contribution is 2.23. The van der Waals surface area contributed by atoms with Gasteiger partial charge < -0.3 is 0 Å². The van der Waals surface area contributed by atoms with E-state index in [1.165, 1.54) is 31.2 Å². The van der Waals surface area contributed by atoms with Crippen molar-refractivity contribution in [1.82, 2.24) is 9.71 Å². The predicted molar refractivity (Wildman–Crippen MR) is 89.9 cm³/mol. The van der Waals surface area contributed by atoms with Gasteiger partial charge in [0.05, 0.1) is 4.90 Å². The highest BCUT2D eigenvalue weighted by molar-refractivity contribution is 7.89. The molecule has 9 heteroatoms. The van der Waals surface area contributed by atoms with Crippen LogP contribution in [0.2, 0.25) is 0 Å². The number of amides is 1. The molecule has 0 spiro atoms. The summed E-state index contributed by atoms with van der Waals surface area (Å²) in [6, 6.07) is 5.79.